The van der Waals surface area contributed by atoms with Gasteiger partial charge in [0.15, 0.2) is 11.6 Å². The van der Waals surface area contributed by atoms with Crippen LogP contribution in [-0.4, -0.2) is 7.11 Å². The van der Waals surface area contributed by atoms with Gasteiger partial charge in [-0.2, -0.15) is 4.39 Å². The number of ether oxygens (including phenoxy) is 1. The molecule has 0 radical (unpaired) electrons. The van der Waals surface area contributed by atoms with Gasteiger partial charge in [0.2, 0.25) is 5.82 Å². The van der Waals surface area contributed by atoms with E-state index in [4.69, 9.17) is 4.74 Å². The van der Waals surface area contributed by atoms with Gasteiger partial charge in [-0.15, -0.1) is 0 Å². The minimum absolute atomic E-state index is 0.0729. The molecule has 0 spiro atoms. The third-order valence-corrected chi connectivity index (χ3v) is 6.81. The molecular formula is C25H27F3O. The first-order chi connectivity index (χ1) is 14.0. The molecule has 0 amide bonds. The number of benzene rings is 2. The molecule has 29 heavy (non-hydrogen) atoms. The highest BCUT2D eigenvalue weighted by Gasteiger charge is 2.27. The van der Waals surface area contributed by atoms with Gasteiger partial charge in [0, 0.05) is 11.1 Å². The van der Waals surface area contributed by atoms with Crippen molar-refractivity contribution in [2.45, 2.75) is 51.9 Å². The van der Waals surface area contributed by atoms with Gasteiger partial charge < -0.3 is 4.74 Å². The van der Waals surface area contributed by atoms with Crippen molar-refractivity contribution < 1.29 is 17.9 Å². The molecule has 2 aliphatic carbocycles. The Hall–Kier alpha value is -2.23. The maximum absolute atomic E-state index is 15.3. The van der Waals surface area contributed by atoms with Crippen LogP contribution in [0.3, 0.4) is 0 Å². The Kier molecular flexibility index (Phi) is 5.71. The molecule has 4 heteroatoms. The van der Waals surface area contributed by atoms with Crippen molar-refractivity contribution >= 4 is 0 Å². The fourth-order valence-corrected chi connectivity index (χ4v) is 4.93. The number of hydrogen-bond donors (Lipinski definition) is 0. The molecule has 0 unspecified atom stereocenters. The molecule has 4 rings (SSSR count). The van der Waals surface area contributed by atoms with E-state index < -0.39 is 17.5 Å². The monoisotopic (exact) mass is 400 g/mol. The number of hydrogen-bond acceptors (Lipinski definition) is 1. The summed E-state index contributed by atoms with van der Waals surface area (Å²) in [7, 11) is 1.27. The van der Waals surface area contributed by atoms with Crippen molar-refractivity contribution in [2.75, 3.05) is 7.11 Å². The largest absolute Gasteiger partial charge is 0.494 e. The average Bonchev–Trinajstić information content (AvgIpc) is 2.76. The number of halogens is 3. The van der Waals surface area contributed by atoms with Gasteiger partial charge in [-0.1, -0.05) is 37.1 Å². The molecule has 154 valence electrons. The van der Waals surface area contributed by atoms with Crippen molar-refractivity contribution in [2.24, 2.45) is 11.8 Å². The molecule has 1 nitrogen and oxygen atoms in total. The van der Waals surface area contributed by atoms with E-state index in [2.05, 4.69) is 13.0 Å². The minimum atomic E-state index is -1.09. The van der Waals surface area contributed by atoms with Crippen LogP contribution in [0.5, 0.6) is 5.75 Å². The first-order valence-electron chi connectivity index (χ1n) is 10.5. The zero-order chi connectivity index (χ0) is 20.5. The molecule has 2 aromatic carbocycles. The molecule has 2 aliphatic rings. The Morgan fingerprint density at radius 3 is 2.28 bits per heavy atom. The third-order valence-electron chi connectivity index (χ3n) is 6.81. The maximum Gasteiger partial charge on any atom is 0.201 e. The van der Waals surface area contributed by atoms with E-state index in [9.17, 15) is 8.78 Å². The second-order valence-corrected chi connectivity index (χ2v) is 8.29. The van der Waals surface area contributed by atoms with Crippen LogP contribution in [0.1, 0.15) is 50.2 Å². The molecule has 0 saturated heterocycles. The van der Waals surface area contributed by atoms with Gasteiger partial charge in [0.05, 0.1) is 7.11 Å². The number of rotatable bonds is 4. The Balaban J connectivity index is 1.60. The van der Waals surface area contributed by atoms with Crippen molar-refractivity contribution in [1.29, 1.82) is 0 Å². The van der Waals surface area contributed by atoms with Gasteiger partial charge in [-0.25, -0.2) is 8.78 Å². The quantitative estimate of drug-likeness (QED) is 0.501. The highest BCUT2D eigenvalue weighted by molar-refractivity contribution is 5.68. The van der Waals surface area contributed by atoms with E-state index in [1.807, 2.05) is 6.07 Å². The average molecular weight is 400 g/mol. The van der Waals surface area contributed by atoms with E-state index in [-0.39, 0.29) is 16.9 Å². The Labute approximate surface area is 170 Å². The molecular weight excluding hydrogens is 373 g/mol. The molecule has 0 aliphatic heterocycles. The van der Waals surface area contributed by atoms with Gasteiger partial charge in [0.25, 0.3) is 0 Å². The SMILES string of the molecule is CCC1CCC(C2=CCc3c(ccc(-c4ccc(OC)c(F)c4F)c3F)C2)CC1. The summed E-state index contributed by atoms with van der Waals surface area (Å²) >= 11 is 0. The summed E-state index contributed by atoms with van der Waals surface area (Å²) in [5, 5.41) is 0. The minimum Gasteiger partial charge on any atom is -0.494 e. The lowest BCUT2D eigenvalue weighted by molar-refractivity contribution is 0.292. The third kappa shape index (κ3) is 3.70. The summed E-state index contributed by atoms with van der Waals surface area (Å²) in [5.74, 6) is -1.36. The Bertz CT molecular complexity index is 940. The van der Waals surface area contributed by atoms with Crippen LogP contribution in [0, 0.1) is 29.3 Å². The van der Waals surface area contributed by atoms with Gasteiger partial charge >= 0.3 is 0 Å². The second kappa shape index (κ2) is 8.25. The van der Waals surface area contributed by atoms with Gasteiger partial charge in [0.1, 0.15) is 5.82 Å². The zero-order valence-electron chi connectivity index (χ0n) is 17.0. The van der Waals surface area contributed by atoms with E-state index in [0.29, 0.717) is 17.9 Å². The lowest BCUT2D eigenvalue weighted by Crippen LogP contribution is -2.19. The number of allylic oxidation sites excluding steroid dienone is 2. The fourth-order valence-electron chi connectivity index (χ4n) is 4.93. The standard InChI is InChI=1S/C25H27F3O/c1-3-15-4-6-16(7-5-15)17-8-10-19-18(14-17)9-11-20(23(19)26)21-12-13-22(29-2)25(28)24(21)27/h8-9,11-13,15-16H,3-7,10,14H2,1-2H3. The van der Waals surface area contributed by atoms with Crippen LogP contribution in [0.4, 0.5) is 13.2 Å². The fraction of sp³-hybridized carbons (Fsp3) is 0.440. The molecule has 1 fully saturated rings. The van der Waals surface area contributed by atoms with E-state index >= 15 is 4.39 Å². The maximum atomic E-state index is 15.3. The molecule has 0 heterocycles. The van der Waals surface area contributed by atoms with Crippen LogP contribution >= 0.6 is 0 Å². The first kappa shape index (κ1) is 20.1. The number of methoxy groups -OCH3 is 1. The molecule has 0 N–H and O–H groups in total. The van der Waals surface area contributed by atoms with E-state index in [1.165, 1.54) is 56.9 Å². The van der Waals surface area contributed by atoms with Crippen LogP contribution in [0.15, 0.2) is 35.9 Å². The van der Waals surface area contributed by atoms with Crippen LogP contribution in [0.2, 0.25) is 0 Å². The predicted molar refractivity (Wildman–Crippen MR) is 110 cm³/mol. The summed E-state index contributed by atoms with van der Waals surface area (Å²) < 4.78 is 48.6. The summed E-state index contributed by atoms with van der Waals surface area (Å²) in [4.78, 5) is 0. The highest BCUT2D eigenvalue weighted by atomic mass is 19.2. The summed E-state index contributed by atoms with van der Waals surface area (Å²) in [5.41, 5.74) is 3.01. The smallest absolute Gasteiger partial charge is 0.201 e. The van der Waals surface area contributed by atoms with Gasteiger partial charge in [-0.3, -0.25) is 0 Å². The molecule has 2 aromatic rings. The molecule has 0 atom stereocenters. The van der Waals surface area contributed by atoms with Crippen LogP contribution in [-0.2, 0) is 12.8 Å². The van der Waals surface area contributed by atoms with Gasteiger partial charge in [-0.05, 0) is 73.6 Å². The highest BCUT2D eigenvalue weighted by Crippen LogP contribution is 2.40. The van der Waals surface area contributed by atoms with Crippen molar-refractivity contribution in [3.05, 3.63) is 64.5 Å². The van der Waals surface area contributed by atoms with Crippen LogP contribution < -0.4 is 4.74 Å². The zero-order valence-corrected chi connectivity index (χ0v) is 17.0. The van der Waals surface area contributed by atoms with Crippen molar-refractivity contribution in [1.82, 2.24) is 0 Å². The normalized spacial score (nSPS) is 21.5. The van der Waals surface area contributed by atoms with E-state index in [0.717, 1.165) is 17.9 Å². The predicted octanol–water partition coefficient (Wildman–Crippen LogP) is 7.02. The molecule has 0 aromatic heterocycles. The van der Waals surface area contributed by atoms with Crippen molar-refractivity contribution in [3.63, 3.8) is 0 Å². The Morgan fingerprint density at radius 1 is 0.897 bits per heavy atom. The molecule has 0 bridgehead atoms. The lowest BCUT2D eigenvalue weighted by atomic mass is 9.74. The van der Waals surface area contributed by atoms with Crippen molar-refractivity contribution in [3.8, 4) is 16.9 Å². The summed E-state index contributed by atoms with van der Waals surface area (Å²) in [6.45, 7) is 2.26. The topological polar surface area (TPSA) is 9.23 Å². The lowest BCUT2D eigenvalue weighted by Gasteiger charge is -2.31. The summed E-state index contributed by atoms with van der Waals surface area (Å²) in [6.07, 6.45) is 9.68. The first-order valence-corrected chi connectivity index (χ1v) is 10.5. The molecule has 1 saturated carbocycles. The van der Waals surface area contributed by atoms with E-state index in [1.54, 1.807) is 6.07 Å². The Morgan fingerprint density at radius 2 is 1.59 bits per heavy atom. The summed E-state index contributed by atoms with van der Waals surface area (Å²) in [6, 6.07) is 6.16. The number of fused-ring (bicyclic) bond motifs is 1. The van der Waals surface area contributed by atoms with Crippen LogP contribution in [0.25, 0.3) is 11.1 Å². The second-order valence-electron chi connectivity index (χ2n) is 8.29.